The summed E-state index contributed by atoms with van der Waals surface area (Å²) in [5.74, 6) is 1.23. The molecule has 32 heavy (non-hydrogen) atoms. The van der Waals surface area contributed by atoms with Crippen molar-refractivity contribution >= 4 is 12.0 Å². The highest BCUT2D eigenvalue weighted by atomic mass is 16.5. The average Bonchev–Trinajstić information content (AvgIpc) is 2.82. The molecule has 1 aliphatic rings. The first kappa shape index (κ1) is 24.0. The van der Waals surface area contributed by atoms with Gasteiger partial charge >= 0.3 is 0 Å². The Morgan fingerprint density at radius 1 is 1.19 bits per heavy atom. The number of rotatable bonds is 10. The van der Waals surface area contributed by atoms with Gasteiger partial charge in [-0.25, -0.2) is 0 Å². The summed E-state index contributed by atoms with van der Waals surface area (Å²) in [5, 5.41) is 2.94. The summed E-state index contributed by atoms with van der Waals surface area (Å²) in [5.41, 5.74) is 3.33. The van der Waals surface area contributed by atoms with Crippen molar-refractivity contribution in [1.82, 2.24) is 10.2 Å². The Morgan fingerprint density at radius 2 is 1.94 bits per heavy atom. The minimum Gasteiger partial charge on any atom is -0.492 e. The fourth-order valence-corrected chi connectivity index (χ4v) is 3.77. The molecule has 1 fully saturated rings. The number of amides is 1. The highest BCUT2D eigenvalue weighted by Gasteiger charge is 2.17. The number of benzene rings is 2. The minimum atomic E-state index is -0.109. The van der Waals surface area contributed by atoms with E-state index in [-0.39, 0.29) is 5.91 Å². The highest BCUT2D eigenvalue weighted by Crippen LogP contribution is 2.16. The number of likely N-dealkylation sites (N-methyl/N-ethyl adjacent to an activating group) is 1. The Labute approximate surface area is 192 Å². The van der Waals surface area contributed by atoms with Crippen LogP contribution in [0.1, 0.15) is 49.3 Å². The number of nitrogens with one attached hydrogen (secondary N) is 1. The van der Waals surface area contributed by atoms with E-state index >= 15 is 0 Å². The number of nitrogens with zero attached hydrogens (tertiary/aromatic N) is 1. The second-order valence-electron chi connectivity index (χ2n) is 8.69. The van der Waals surface area contributed by atoms with Crippen LogP contribution in [0.5, 0.6) is 5.75 Å². The molecule has 0 saturated carbocycles. The summed E-state index contributed by atoms with van der Waals surface area (Å²) in [4.78, 5) is 14.6. The Kier molecular flexibility index (Phi) is 9.32. The van der Waals surface area contributed by atoms with Crippen LogP contribution in [0.2, 0.25) is 0 Å². The van der Waals surface area contributed by atoms with Crippen LogP contribution in [0.4, 0.5) is 0 Å². The lowest BCUT2D eigenvalue weighted by molar-refractivity contribution is -0.116. The quantitative estimate of drug-likeness (QED) is 0.552. The van der Waals surface area contributed by atoms with Crippen LogP contribution in [0.3, 0.4) is 0 Å². The monoisotopic (exact) mass is 436 g/mol. The van der Waals surface area contributed by atoms with Gasteiger partial charge in [-0.2, -0.15) is 0 Å². The number of hydrogen-bond donors (Lipinski definition) is 1. The first-order valence-electron chi connectivity index (χ1n) is 11.6. The summed E-state index contributed by atoms with van der Waals surface area (Å²) in [7, 11) is 2.15. The SMILES string of the molecule is CC(C)c1ccc(/C=C/C(=O)NCc2cccc(OCCN(C)C3CCOCC3)c2)cc1. The molecule has 5 heteroatoms. The average molecular weight is 437 g/mol. The number of carbonyl (C=O) groups is 1. The lowest BCUT2D eigenvalue weighted by atomic mass is 10.0. The van der Waals surface area contributed by atoms with Crippen LogP contribution in [-0.4, -0.2) is 50.3 Å². The number of hydrogen-bond acceptors (Lipinski definition) is 4. The van der Waals surface area contributed by atoms with E-state index in [4.69, 9.17) is 9.47 Å². The predicted molar refractivity (Wildman–Crippen MR) is 130 cm³/mol. The van der Waals surface area contributed by atoms with Crippen molar-refractivity contribution in [3.8, 4) is 5.75 Å². The topological polar surface area (TPSA) is 50.8 Å². The van der Waals surface area contributed by atoms with Crippen molar-refractivity contribution in [3.05, 3.63) is 71.3 Å². The van der Waals surface area contributed by atoms with Crippen LogP contribution in [0.25, 0.3) is 6.08 Å². The third-order valence-corrected chi connectivity index (χ3v) is 5.92. The van der Waals surface area contributed by atoms with E-state index in [2.05, 4.69) is 43.2 Å². The van der Waals surface area contributed by atoms with Crippen molar-refractivity contribution in [2.75, 3.05) is 33.4 Å². The first-order chi connectivity index (χ1) is 15.5. The maximum atomic E-state index is 12.2. The van der Waals surface area contributed by atoms with Crippen LogP contribution in [0.15, 0.2) is 54.6 Å². The predicted octanol–water partition coefficient (Wildman–Crippen LogP) is 4.63. The number of ether oxygens (including phenoxy) is 2. The van der Waals surface area contributed by atoms with Gasteiger partial charge in [0.1, 0.15) is 12.4 Å². The molecule has 0 radical (unpaired) electrons. The van der Waals surface area contributed by atoms with Gasteiger partial charge in [0.05, 0.1) is 0 Å². The lowest BCUT2D eigenvalue weighted by Gasteiger charge is -2.31. The van der Waals surface area contributed by atoms with Gasteiger partial charge < -0.3 is 14.8 Å². The van der Waals surface area contributed by atoms with Crippen molar-refractivity contribution < 1.29 is 14.3 Å². The van der Waals surface area contributed by atoms with E-state index in [1.54, 1.807) is 6.08 Å². The third kappa shape index (κ3) is 7.81. The number of carbonyl (C=O) groups excluding carboxylic acids is 1. The maximum Gasteiger partial charge on any atom is 0.244 e. The molecule has 0 aromatic heterocycles. The molecule has 172 valence electrons. The Morgan fingerprint density at radius 3 is 2.66 bits per heavy atom. The summed E-state index contributed by atoms with van der Waals surface area (Å²) in [6, 6.07) is 16.8. The van der Waals surface area contributed by atoms with E-state index in [0.29, 0.717) is 25.1 Å². The van der Waals surface area contributed by atoms with Crippen LogP contribution in [-0.2, 0) is 16.1 Å². The second-order valence-corrected chi connectivity index (χ2v) is 8.69. The van der Waals surface area contributed by atoms with Crippen LogP contribution in [0, 0.1) is 0 Å². The van der Waals surface area contributed by atoms with Gasteiger partial charge in [-0.1, -0.05) is 50.2 Å². The molecular formula is C27H36N2O3. The van der Waals surface area contributed by atoms with E-state index in [9.17, 15) is 4.79 Å². The molecule has 1 aliphatic heterocycles. The molecular weight excluding hydrogens is 400 g/mol. The normalized spacial score (nSPS) is 14.9. The summed E-state index contributed by atoms with van der Waals surface area (Å²) in [6.07, 6.45) is 5.59. The molecule has 0 bridgehead atoms. The fourth-order valence-electron chi connectivity index (χ4n) is 3.77. The molecule has 2 aromatic carbocycles. The smallest absolute Gasteiger partial charge is 0.244 e. The molecule has 0 atom stereocenters. The second kappa shape index (κ2) is 12.4. The molecule has 1 heterocycles. The van der Waals surface area contributed by atoms with Gasteiger partial charge in [0.15, 0.2) is 0 Å². The van der Waals surface area contributed by atoms with E-state index in [0.717, 1.165) is 49.5 Å². The summed E-state index contributed by atoms with van der Waals surface area (Å²) >= 11 is 0. The lowest BCUT2D eigenvalue weighted by Crippen LogP contribution is -2.38. The molecule has 0 spiro atoms. The molecule has 0 unspecified atom stereocenters. The summed E-state index contributed by atoms with van der Waals surface area (Å²) < 4.78 is 11.4. The van der Waals surface area contributed by atoms with Crippen molar-refractivity contribution in [1.29, 1.82) is 0 Å². The van der Waals surface area contributed by atoms with E-state index < -0.39 is 0 Å². The first-order valence-corrected chi connectivity index (χ1v) is 11.6. The van der Waals surface area contributed by atoms with Crippen molar-refractivity contribution in [3.63, 3.8) is 0 Å². The molecule has 3 rings (SSSR count). The zero-order chi connectivity index (χ0) is 22.8. The van der Waals surface area contributed by atoms with Gasteiger partial charge in [0, 0.05) is 38.4 Å². The standard InChI is InChI=1S/C27H36N2O3/c1-21(2)24-10-7-22(8-11-24)9-12-27(30)28-20-23-5-4-6-26(19-23)32-18-15-29(3)25-13-16-31-17-14-25/h4-12,19,21,25H,13-18,20H2,1-3H3,(H,28,30)/b12-9+. The molecule has 1 N–H and O–H groups in total. The van der Waals surface area contributed by atoms with E-state index in [1.165, 1.54) is 5.56 Å². The van der Waals surface area contributed by atoms with Crippen molar-refractivity contribution in [2.24, 2.45) is 0 Å². The van der Waals surface area contributed by atoms with Gasteiger partial charge in [0.25, 0.3) is 0 Å². The molecule has 1 amide bonds. The van der Waals surface area contributed by atoms with Crippen LogP contribution < -0.4 is 10.1 Å². The zero-order valence-corrected chi connectivity index (χ0v) is 19.5. The van der Waals surface area contributed by atoms with Gasteiger partial charge in [-0.3, -0.25) is 9.69 Å². The largest absolute Gasteiger partial charge is 0.492 e. The van der Waals surface area contributed by atoms with Gasteiger partial charge in [0.2, 0.25) is 5.91 Å². The maximum absolute atomic E-state index is 12.2. The minimum absolute atomic E-state index is 0.109. The Hall–Kier alpha value is -2.63. The highest BCUT2D eigenvalue weighted by molar-refractivity contribution is 5.91. The summed E-state index contributed by atoms with van der Waals surface area (Å²) in [6.45, 7) is 8.03. The molecule has 5 nitrogen and oxygen atoms in total. The van der Waals surface area contributed by atoms with Crippen molar-refractivity contribution in [2.45, 2.75) is 45.2 Å². The molecule has 2 aromatic rings. The Balaban J connectivity index is 1.41. The van der Waals surface area contributed by atoms with Crippen LogP contribution >= 0.6 is 0 Å². The fraction of sp³-hybridized carbons (Fsp3) is 0.444. The van der Waals surface area contributed by atoms with Gasteiger partial charge in [-0.15, -0.1) is 0 Å². The molecule has 0 aliphatic carbocycles. The zero-order valence-electron chi connectivity index (χ0n) is 19.5. The Bertz CT molecular complexity index is 871. The van der Waals surface area contributed by atoms with E-state index in [1.807, 2.05) is 42.5 Å². The third-order valence-electron chi connectivity index (χ3n) is 5.92. The molecule has 1 saturated heterocycles. The van der Waals surface area contributed by atoms with Gasteiger partial charge in [-0.05, 0) is 60.7 Å².